The standard InChI is InChI=1S/C23H29F3O6/c1-15(11-21(2,3)4)9-19(28)30-14-22(13-27)12-17(20(29)32-22)10-16-5-7-18(8-6-16)31-23(24,25)26/h5-8,10,15,27H,9,11-14H2,1-4H3/b17-10-. The van der Waals surface area contributed by atoms with Crippen LogP contribution in [0.3, 0.4) is 0 Å². The van der Waals surface area contributed by atoms with Crippen molar-refractivity contribution in [1.82, 2.24) is 0 Å². The fraction of sp³-hybridized carbons (Fsp3) is 0.565. The highest BCUT2D eigenvalue weighted by Gasteiger charge is 2.44. The highest BCUT2D eigenvalue weighted by Crippen LogP contribution is 2.33. The van der Waals surface area contributed by atoms with Crippen LogP contribution in [0.5, 0.6) is 5.75 Å². The van der Waals surface area contributed by atoms with Gasteiger partial charge >= 0.3 is 18.3 Å². The molecule has 1 aliphatic rings. The maximum Gasteiger partial charge on any atom is 0.573 e. The average molecular weight is 458 g/mol. The maximum atomic E-state index is 12.3. The highest BCUT2D eigenvalue weighted by atomic mass is 19.4. The van der Waals surface area contributed by atoms with Gasteiger partial charge in [0.25, 0.3) is 0 Å². The molecule has 6 nitrogen and oxygen atoms in total. The van der Waals surface area contributed by atoms with Crippen molar-refractivity contribution in [2.75, 3.05) is 13.2 Å². The van der Waals surface area contributed by atoms with Crippen LogP contribution < -0.4 is 4.74 Å². The van der Waals surface area contributed by atoms with Crippen LogP contribution in [0.25, 0.3) is 6.08 Å². The predicted octanol–water partition coefficient (Wildman–Crippen LogP) is 4.65. The molecule has 1 saturated heterocycles. The van der Waals surface area contributed by atoms with Crippen LogP contribution in [-0.2, 0) is 19.1 Å². The highest BCUT2D eigenvalue weighted by molar-refractivity contribution is 5.96. The zero-order chi connectivity index (χ0) is 24.2. The van der Waals surface area contributed by atoms with E-state index in [1.165, 1.54) is 18.2 Å². The molecular formula is C23H29F3O6. The summed E-state index contributed by atoms with van der Waals surface area (Å²) in [5, 5.41) is 9.79. The van der Waals surface area contributed by atoms with E-state index in [-0.39, 0.29) is 42.1 Å². The molecule has 1 aromatic carbocycles. The lowest BCUT2D eigenvalue weighted by molar-refractivity contribution is -0.274. The third kappa shape index (κ3) is 8.18. The Labute approximate surface area is 185 Å². The zero-order valence-corrected chi connectivity index (χ0v) is 18.6. The number of ether oxygens (including phenoxy) is 3. The minimum absolute atomic E-state index is 0.00599. The second-order valence-corrected chi connectivity index (χ2v) is 9.43. The lowest BCUT2D eigenvalue weighted by Gasteiger charge is -2.25. The molecular weight excluding hydrogens is 429 g/mol. The molecule has 0 saturated carbocycles. The van der Waals surface area contributed by atoms with Gasteiger partial charge in [0.2, 0.25) is 0 Å². The molecule has 1 heterocycles. The van der Waals surface area contributed by atoms with Crippen molar-refractivity contribution >= 4 is 18.0 Å². The molecule has 0 radical (unpaired) electrons. The number of alkyl halides is 3. The Morgan fingerprint density at radius 2 is 1.88 bits per heavy atom. The molecule has 0 bridgehead atoms. The Balaban J connectivity index is 1.99. The lowest BCUT2D eigenvalue weighted by atomic mass is 9.84. The lowest BCUT2D eigenvalue weighted by Crippen LogP contribution is -2.39. The van der Waals surface area contributed by atoms with Gasteiger partial charge in [0.1, 0.15) is 12.4 Å². The second-order valence-electron chi connectivity index (χ2n) is 9.43. The van der Waals surface area contributed by atoms with Crippen LogP contribution in [0.15, 0.2) is 29.8 Å². The molecule has 2 unspecified atom stereocenters. The van der Waals surface area contributed by atoms with Crippen molar-refractivity contribution < 1.29 is 42.1 Å². The number of aliphatic hydroxyl groups is 1. The van der Waals surface area contributed by atoms with Crippen molar-refractivity contribution in [2.45, 2.75) is 58.9 Å². The molecule has 0 aliphatic carbocycles. The summed E-state index contributed by atoms with van der Waals surface area (Å²) in [5.41, 5.74) is -0.650. The Bertz CT molecular complexity index is 839. The van der Waals surface area contributed by atoms with Crippen molar-refractivity contribution in [3.05, 3.63) is 35.4 Å². The average Bonchev–Trinajstić information content (AvgIpc) is 2.95. The van der Waals surface area contributed by atoms with E-state index in [4.69, 9.17) is 9.47 Å². The minimum Gasteiger partial charge on any atom is -0.461 e. The number of hydrogen-bond acceptors (Lipinski definition) is 6. The van der Waals surface area contributed by atoms with Crippen LogP contribution in [-0.4, -0.2) is 42.2 Å². The first-order chi connectivity index (χ1) is 14.7. The van der Waals surface area contributed by atoms with Crippen LogP contribution >= 0.6 is 0 Å². The molecule has 9 heteroatoms. The smallest absolute Gasteiger partial charge is 0.461 e. The summed E-state index contributed by atoms with van der Waals surface area (Å²) in [6.45, 7) is 7.37. The number of aliphatic hydroxyl groups excluding tert-OH is 1. The third-order valence-corrected chi connectivity index (χ3v) is 4.80. The number of hydrogen-bond donors (Lipinski definition) is 1. The predicted molar refractivity (Wildman–Crippen MR) is 110 cm³/mol. The quantitative estimate of drug-likeness (QED) is 0.451. The van der Waals surface area contributed by atoms with Gasteiger partial charge in [-0.15, -0.1) is 13.2 Å². The van der Waals surface area contributed by atoms with Gasteiger partial charge in [-0.1, -0.05) is 39.8 Å². The summed E-state index contributed by atoms with van der Waals surface area (Å²) in [6.07, 6.45) is -2.31. The fourth-order valence-corrected chi connectivity index (χ4v) is 3.68. The van der Waals surface area contributed by atoms with Gasteiger partial charge in [-0.25, -0.2) is 4.79 Å². The van der Waals surface area contributed by atoms with E-state index in [9.17, 15) is 27.9 Å². The first kappa shape index (κ1) is 25.7. The summed E-state index contributed by atoms with van der Waals surface area (Å²) in [5.74, 6) is -1.40. The fourth-order valence-electron chi connectivity index (χ4n) is 3.68. The van der Waals surface area contributed by atoms with Crippen LogP contribution in [0.4, 0.5) is 13.2 Å². The SMILES string of the molecule is CC(CC(=O)OCC1(CO)C/C(=C/c2ccc(OC(F)(F)F)cc2)C(=O)O1)CC(C)(C)C. The van der Waals surface area contributed by atoms with E-state index >= 15 is 0 Å². The van der Waals surface area contributed by atoms with E-state index in [2.05, 4.69) is 25.5 Å². The molecule has 1 aromatic rings. The van der Waals surface area contributed by atoms with E-state index < -0.39 is 30.5 Å². The molecule has 178 valence electrons. The Morgan fingerprint density at radius 1 is 1.25 bits per heavy atom. The first-order valence-corrected chi connectivity index (χ1v) is 10.3. The molecule has 1 N–H and O–H groups in total. The largest absolute Gasteiger partial charge is 0.573 e. The molecule has 0 spiro atoms. The Kier molecular flexibility index (Phi) is 7.98. The maximum absolute atomic E-state index is 12.3. The number of rotatable bonds is 8. The van der Waals surface area contributed by atoms with E-state index in [1.807, 2.05) is 6.92 Å². The van der Waals surface area contributed by atoms with Crippen LogP contribution in [0.2, 0.25) is 0 Å². The Morgan fingerprint density at radius 3 is 2.41 bits per heavy atom. The molecule has 32 heavy (non-hydrogen) atoms. The van der Waals surface area contributed by atoms with E-state index in [1.54, 1.807) is 0 Å². The van der Waals surface area contributed by atoms with Crippen molar-refractivity contribution in [3.63, 3.8) is 0 Å². The number of esters is 2. The normalized spacial score (nSPS) is 21.4. The van der Waals surface area contributed by atoms with Gasteiger partial charge in [-0.05, 0) is 41.5 Å². The van der Waals surface area contributed by atoms with Gasteiger partial charge in [-0.2, -0.15) is 0 Å². The van der Waals surface area contributed by atoms with Crippen molar-refractivity contribution in [3.8, 4) is 5.75 Å². The Hall–Kier alpha value is -2.55. The number of carbonyl (C=O) groups excluding carboxylic acids is 2. The zero-order valence-electron chi connectivity index (χ0n) is 18.6. The van der Waals surface area contributed by atoms with Crippen molar-refractivity contribution in [2.24, 2.45) is 11.3 Å². The van der Waals surface area contributed by atoms with Gasteiger partial charge in [-0.3, -0.25) is 4.79 Å². The van der Waals surface area contributed by atoms with Gasteiger partial charge in [0.15, 0.2) is 5.60 Å². The van der Waals surface area contributed by atoms with E-state index in [0.717, 1.165) is 18.6 Å². The molecule has 0 aromatic heterocycles. The molecule has 1 aliphatic heterocycles. The molecule has 2 atom stereocenters. The molecule has 2 rings (SSSR count). The number of benzene rings is 1. The van der Waals surface area contributed by atoms with Crippen LogP contribution in [0, 0.1) is 11.3 Å². The summed E-state index contributed by atoms with van der Waals surface area (Å²) in [7, 11) is 0. The van der Waals surface area contributed by atoms with Gasteiger partial charge in [0.05, 0.1) is 6.61 Å². The summed E-state index contributed by atoms with van der Waals surface area (Å²) >= 11 is 0. The monoisotopic (exact) mass is 458 g/mol. The molecule has 0 amide bonds. The second kappa shape index (κ2) is 9.94. The van der Waals surface area contributed by atoms with Gasteiger partial charge in [0, 0.05) is 18.4 Å². The number of cyclic esters (lactones) is 1. The van der Waals surface area contributed by atoms with E-state index in [0.29, 0.717) is 5.56 Å². The minimum atomic E-state index is -4.79. The van der Waals surface area contributed by atoms with Gasteiger partial charge < -0.3 is 19.3 Å². The van der Waals surface area contributed by atoms with Crippen LogP contribution in [0.1, 0.15) is 52.5 Å². The topological polar surface area (TPSA) is 82.1 Å². The third-order valence-electron chi connectivity index (χ3n) is 4.80. The number of halogens is 3. The number of carbonyl (C=O) groups is 2. The summed E-state index contributed by atoms with van der Waals surface area (Å²) in [6, 6.07) is 4.97. The first-order valence-electron chi connectivity index (χ1n) is 10.3. The molecule has 1 fully saturated rings. The van der Waals surface area contributed by atoms with Crippen molar-refractivity contribution in [1.29, 1.82) is 0 Å². The summed E-state index contributed by atoms with van der Waals surface area (Å²) < 4.78 is 51.2. The summed E-state index contributed by atoms with van der Waals surface area (Å²) in [4.78, 5) is 24.5.